The zero-order valence-electron chi connectivity index (χ0n) is 12.4. The average Bonchev–Trinajstić information content (AvgIpc) is 3.14. The van der Waals surface area contributed by atoms with Crippen LogP contribution in [0.3, 0.4) is 0 Å². The van der Waals surface area contributed by atoms with Gasteiger partial charge in [-0.25, -0.2) is 0 Å². The van der Waals surface area contributed by atoms with Crippen LogP contribution in [0.5, 0.6) is 0 Å². The number of amides is 1. The van der Waals surface area contributed by atoms with Crippen LogP contribution in [0.25, 0.3) is 0 Å². The highest BCUT2D eigenvalue weighted by Gasteiger charge is 2.31. The van der Waals surface area contributed by atoms with Crippen molar-refractivity contribution in [2.24, 2.45) is 11.8 Å². The van der Waals surface area contributed by atoms with E-state index in [1.165, 1.54) is 24.8 Å². The van der Waals surface area contributed by atoms with Gasteiger partial charge in [0.1, 0.15) is 0 Å². The Bertz CT molecular complexity index is 484. The molecule has 8 heteroatoms. The molecule has 3 atom stereocenters. The van der Waals surface area contributed by atoms with E-state index in [0.717, 1.165) is 0 Å². The smallest absolute Gasteiger partial charge is 0.316 e. The van der Waals surface area contributed by atoms with Crippen LogP contribution in [0.15, 0.2) is 12.2 Å². The highest BCUT2D eigenvalue weighted by Crippen LogP contribution is 2.28. The number of allylic oxidation sites excluding steroid dienone is 1. The normalized spacial score (nSPS) is 23.2. The molecule has 2 aliphatic rings. The molecule has 1 fully saturated rings. The number of nitrogens with one attached hydrogen (secondary N) is 1. The lowest BCUT2D eigenvalue weighted by Gasteiger charge is -2.18. The predicted molar refractivity (Wildman–Crippen MR) is 80.3 cm³/mol. The molecular formula is C14H19NO6S. The number of rotatable bonds is 6. The molecule has 0 aromatic heterocycles. The molecule has 0 aromatic carbocycles. The SMILES string of the molecule is CC(=O)OCC1C=CC(=O)C1CSC(C)C(=O)O.O=C1CN1. The lowest BCUT2D eigenvalue weighted by atomic mass is 9.98. The second-order valence-electron chi connectivity index (χ2n) is 4.92. The number of carboxylic acids is 1. The first kappa shape index (κ1) is 18.2. The van der Waals surface area contributed by atoms with E-state index in [1.807, 2.05) is 0 Å². The maximum absolute atomic E-state index is 11.6. The highest BCUT2D eigenvalue weighted by molar-refractivity contribution is 8.00. The zero-order chi connectivity index (χ0) is 16.7. The second-order valence-corrected chi connectivity index (χ2v) is 6.30. The molecule has 22 heavy (non-hydrogen) atoms. The Kier molecular flexibility index (Phi) is 7.10. The average molecular weight is 329 g/mol. The number of carbonyl (C=O) groups excluding carboxylic acids is 3. The van der Waals surface area contributed by atoms with Gasteiger partial charge in [-0.2, -0.15) is 0 Å². The number of ether oxygens (including phenoxy) is 1. The summed E-state index contributed by atoms with van der Waals surface area (Å²) in [6.45, 7) is 3.67. The molecule has 1 aliphatic heterocycles. The van der Waals surface area contributed by atoms with Crippen molar-refractivity contribution in [2.75, 3.05) is 18.9 Å². The topological polar surface area (TPSA) is 120 Å². The molecule has 0 aromatic rings. The molecule has 1 amide bonds. The van der Waals surface area contributed by atoms with Gasteiger partial charge >= 0.3 is 11.9 Å². The number of aliphatic carboxylic acids is 1. The van der Waals surface area contributed by atoms with E-state index in [9.17, 15) is 19.2 Å². The van der Waals surface area contributed by atoms with Crippen molar-refractivity contribution in [3.8, 4) is 0 Å². The standard InChI is InChI=1S/C12H16O5S.C2H3NO/c1-7(12(15)16)18-6-10-9(3-4-11(10)14)5-17-8(2)13;4-2-1-3-2/h3-4,7,9-10H,5-6H2,1-2H3,(H,15,16);1H2,(H,3,4). The number of carbonyl (C=O) groups is 4. The Morgan fingerprint density at radius 1 is 1.50 bits per heavy atom. The summed E-state index contributed by atoms with van der Waals surface area (Å²) in [5, 5.41) is 10.7. The van der Waals surface area contributed by atoms with Crippen LogP contribution in [0, 0.1) is 11.8 Å². The molecule has 7 nitrogen and oxygen atoms in total. The maximum Gasteiger partial charge on any atom is 0.316 e. The number of carboxylic acid groups (broad SMARTS) is 1. The third-order valence-electron chi connectivity index (χ3n) is 3.06. The second kappa shape index (κ2) is 8.57. The van der Waals surface area contributed by atoms with Gasteiger partial charge in [0.2, 0.25) is 5.91 Å². The minimum atomic E-state index is -0.894. The lowest BCUT2D eigenvalue weighted by molar-refractivity contribution is -0.142. The van der Waals surface area contributed by atoms with Crippen molar-refractivity contribution in [3.05, 3.63) is 12.2 Å². The number of hydrogen-bond donors (Lipinski definition) is 2. The number of esters is 1. The largest absolute Gasteiger partial charge is 0.480 e. The maximum atomic E-state index is 11.6. The molecule has 0 spiro atoms. The summed E-state index contributed by atoms with van der Waals surface area (Å²) in [5.41, 5.74) is 0. The summed E-state index contributed by atoms with van der Waals surface area (Å²) in [5.74, 6) is -1.16. The molecule has 0 bridgehead atoms. The summed E-state index contributed by atoms with van der Waals surface area (Å²) < 4.78 is 4.89. The van der Waals surface area contributed by atoms with E-state index < -0.39 is 11.2 Å². The van der Waals surface area contributed by atoms with Crippen LogP contribution >= 0.6 is 11.8 Å². The van der Waals surface area contributed by atoms with Crippen LogP contribution in [0.1, 0.15) is 13.8 Å². The first-order valence-electron chi connectivity index (χ1n) is 6.77. The van der Waals surface area contributed by atoms with Gasteiger partial charge in [-0.3, -0.25) is 19.2 Å². The monoisotopic (exact) mass is 329 g/mol. The summed E-state index contributed by atoms with van der Waals surface area (Å²) in [6, 6.07) is 0. The molecule has 2 rings (SSSR count). The van der Waals surface area contributed by atoms with Gasteiger partial charge in [0, 0.05) is 24.5 Å². The number of hydrogen-bond acceptors (Lipinski definition) is 6. The van der Waals surface area contributed by atoms with Gasteiger partial charge < -0.3 is 15.2 Å². The fraction of sp³-hybridized carbons (Fsp3) is 0.571. The van der Waals surface area contributed by atoms with E-state index in [2.05, 4.69) is 5.32 Å². The first-order valence-corrected chi connectivity index (χ1v) is 7.82. The quantitative estimate of drug-likeness (QED) is 0.529. The van der Waals surface area contributed by atoms with E-state index in [-0.39, 0.29) is 36.1 Å². The fourth-order valence-corrected chi connectivity index (χ4v) is 2.68. The minimum Gasteiger partial charge on any atom is -0.480 e. The minimum absolute atomic E-state index is 0.0303. The van der Waals surface area contributed by atoms with Crippen LogP contribution in [-0.4, -0.2) is 52.9 Å². The Morgan fingerprint density at radius 3 is 2.55 bits per heavy atom. The third kappa shape index (κ3) is 6.75. The third-order valence-corrected chi connectivity index (χ3v) is 4.32. The van der Waals surface area contributed by atoms with Crippen LogP contribution in [-0.2, 0) is 23.9 Å². The number of ketones is 1. The molecule has 3 unspecified atom stereocenters. The Balaban J connectivity index is 0.000000519. The Labute approximate surface area is 132 Å². The van der Waals surface area contributed by atoms with E-state index in [1.54, 1.807) is 13.0 Å². The Hall–Kier alpha value is -1.83. The fourth-order valence-electron chi connectivity index (χ4n) is 1.63. The lowest BCUT2D eigenvalue weighted by Crippen LogP contribution is -2.25. The van der Waals surface area contributed by atoms with E-state index >= 15 is 0 Å². The van der Waals surface area contributed by atoms with Crippen molar-refractivity contribution < 1.29 is 29.0 Å². The van der Waals surface area contributed by atoms with Crippen molar-refractivity contribution >= 4 is 35.4 Å². The van der Waals surface area contributed by atoms with Crippen LogP contribution in [0.4, 0.5) is 0 Å². The van der Waals surface area contributed by atoms with Crippen molar-refractivity contribution in [3.63, 3.8) is 0 Å². The first-order chi connectivity index (χ1) is 10.3. The molecule has 0 radical (unpaired) electrons. The summed E-state index contributed by atoms with van der Waals surface area (Å²) in [4.78, 5) is 42.5. The Morgan fingerprint density at radius 2 is 2.09 bits per heavy atom. The van der Waals surface area contributed by atoms with Gasteiger partial charge in [0.15, 0.2) is 5.78 Å². The van der Waals surface area contributed by atoms with Gasteiger partial charge in [-0.1, -0.05) is 6.08 Å². The summed E-state index contributed by atoms with van der Waals surface area (Å²) in [6.07, 6.45) is 3.20. The molecule has 1 aliphatic carbocycles. The summed E-state index contributed by atoms with van der Waals surface area (Å²) >= 11 is 1.22. The molecule has 122 valence electrons. The summed E-state index contributed by atoms with van der Waals surface area (Å²) in [7, 11) is 0. The van der Waals surface area contributed by atoms with Crippen LogP contribution in [0.2, 0.25) is 0 Å². The molecular weight excluding hydrogens is 310 g/mol. The van der Waals surface area contributed by atoms with Crippen molar-refractivity contribution in [1.82, 2.24) is 5.32 Å². The molecule has 2 N–H and O–H groups in total. The van der Waals surface area contributed by atoms with E-state index in [4.69, 9.17) is 9.84 Å². The molecule has 1 heterocycles. The predicted octanol–water partition coefficient (Wildman–Crippen LogP) is 0.243. The van der Waals surface area contributed by atoms with E-state index in [0.29, 0.717) is 12.3 Å². The van der Waals surface area contributed by atoms with Gasteiger partial charge in [0.05, 0.1) is 18.4 Å². The molecule has 0 saturated carbocycles. The molecule has 1 saturated heterocycles. The van der Waals surface area contributed by atoms with Gasteiger partial charge in [0.25, 0.3) is 0 Å². The van der Waals surface area contributed by atoms with Crippen molar-refractivity contribution in [1.29, 1.82) is 0 Å². The zero-order valence-corrected chi connectivity index (χ0v) is 13.2. The van der Waals surface area contributed by atoms with Gasteiger partial charge in [-0.15, -0.1) is 11.8 Å². The number of thioether (sulfide) groups is 1. The highest BCUT2D eigenvalue weighted by atomic mass is 32.2. The van der Waals surface area contributed by atoms with Crippen molar-refractivity contribution in [2.45, 2.75) is 19.1 Å². The van der Waals surface area contributed by atoms with Crippen LogP contribution < -0.4 is 5.32 Å². The van der Waals surface area contributed by atoms with Gasteiger partial charge in [-0.05, 0) is 13.0 Å².